The molecule has 3 heteroatoms. The number of benzene rings is 1. The molecule has 0 aromatic heterocycles. The third-order valence-electron chi connectivity index (χ3n) is 2.91. The van der Waals surface area contributed by atoms with Crippen molar-refractivity contribution in [3.05, 3.63) is 29.3 Å². The van der Waals surface area contributed by atoms with E-state index in [1.807, 2.05) is 12.1 Å². The number of nitrogens with two attached hydrogens (primary N) is 1. The molecule has 0 aliphatic carbocycles. The van der Waals surface area contributed by atoms with Crippen LogP contribution >= 0.6 is 0 Å². The first-order valence-corrected chi connectivity index (χ1v) is 6.52. The van der Waals surface area contributed by atoms with Gasteiger partial charge in [0.05, 0.1) is 12.7 Å². The van der Waals surface area contributed by atoms with Crippen molar-refractivity contribution in [2.24, 2.45) is 5.73 Å². The molecule has 0 bridgehead atoms. The second-order valence-corrected chi connectivity index (χ2v) is 4.59. The number of aryl methyl sites for hydroxylation is 1. The number of nitrogens with zero attached hydrogens (tertiary/aromatic N) is 1. The van der Waals surface area contributed by atoms with Crippen molar-refractivity contribution < 1.29 is 4.74 Å². The van der Waals surface area contributed by atoms with E-state index in [2.05, 4.69) is 26.0 Å². The first kappa shape index (κ1) is 14.5. The Balaban J connectivity index is 2.67. The lowest BCUT2D eigenvalue weighted by Gasteiger charge is -2.15. The monoisotopic (exact) mass is 246 g/mol. The van der Waals surface area contributed by atoms with Gasteiger partial charge in [-0.05, 0) is 37.8 Å². The topological polar surface area (TPSA) is 59.0 Å². The van der Waals surface area contributed by atoms with Crippen molar-refractivity contribution in [1.82, 2.24) is 0 Å². The Morgan fingerprint density at radius 2 is 2.22 bits per heavy atom. The van der Waals surface area contributed by atoms with Gasteiger partial charge >= 0.3 is 0 Å². The van der Waals surface area contributed by atoms with E-state index in [4.69, 9.17) is 15.7 Å². The van der Waals surface area contributed by atoms with Gasteiger partial charge in [0.1, 0.15) is 5.75 Å². The molecular formula is C15H22N2O. The summed E-state index contributed by atoms with van der Waals surface area (Å²) in [7, 11) is 0. The molecule has 1 aromatic rings. The molecule has 1 aromatic carbocycles. The molecular weight excluding hydrogens is 224 g/mol. The van der Waals surface area contributed by atoms with Gasteiger partial charge in [-0.1, -0.05) is 24.6 Å². The minimum atomic E-state index is 0.174. The molecule has 0 aliphatic rings. The summed E-state index contributed by atoms with van der Waals surface area (Å²) >= 11 is 0. The smallest absolute Gasteiger partial charge is 0.122 e. The van der Waals surface area contributed by atoms with Gasteiger partial charge in [-0.3, -0.25) is 0 Å². The molecule has 0 aliphatic heterocycles. The van der Waals surface area contributed by atoms with Crippen LogP contribution in [0.4, 0.5) is 0 Å². The minimum absolute atomic E-state index is 0.174. The van der Waals surface area contributed by atoms with Crippen LogP contribution in [0.2, 0.25) is 0 Å². The summed E-state index contributed by atoms with van der Waals surface area (Å²) in [6.07, 6.45) is 3.10. The highest BCUT2D eigenvalue weighted by Crippen LogP contribution is 2.22. The highest BCUT2D eigenvalue weighted by molar-refractivity contribution is 5.37. The fourth-order valence-corrected chi connectivity index (χ4v) is 1.77. The van der Waals surface area contributed by atoms with E-state index in [0.29, 0.717) is 13.0 Å². The number of rotatable bonds is 7. The Morgan fingerprint density at radius 1 is 1.44 bits per heavy atom. The zero-order valence-corrected chi connectivity index (χ0v) is 11.3. The van der Waals surface area contributed by atoms with Crippen molar-refractivity contribution in [2.75, 3.05) is 6.61 Å². The van der Waals surface area contributed by atoms with Gasteiger partial charge < -0.3 is 10.5 Å². The molecule has 2 N–H and O–H groups in total. The lowest BCUT2D eigenvalue weighted by Crippen LogP contribution is -2.21. The Morgan fingerprint density at radius 3 is 2.89 bits per heavy atom. The van der Waals surface area contributed by atoms with E-state index in [-0.39, 0.29) is 6.04 Å². The quantitative estimate of drug-likeness (QED) is 0.752. The second-order valence-electron chi connectivity index (χ2n) is 4.59. The Hall–Kier alpha value is -1.53. The van der Waals surface area contributed by atoms with E-state index in [9.17, 15) is 0 Å². The van der Waals surface area contributed by atoms with Crippen LogP contribution in [0.5, 0.6) is 5.75 Å². The molecule has 0 heterocycles. The molecule has 1 rings (SSSR count). The van der Waals surface area contributed by atoms with Gasteiger partial charge in [-0.15, -0.1) is 0 Å². The van der Waals surface area contributed by atoms with Crippen LogP contribution in [-0.4, -0.2) is 12.6 Å². The van der Waals surface area contributed by atoms with Gasteiger partial charge in [0.15, 0.2) is 0 Å². The number of hydrogen-bond acceptors (Lipinski definition) is 3. The van der Waals surface area contributed by atoms with E-state index in [1.165, 1.54) is 11.1 Å². The van der Waals surface area contributed by atoms with Crippen molar-refractivity contribution in [1.29, 1.82) is 5.26 Å². The predicted molar refractivity (Wildman–Crippen MR) is 73.5 cm³/mol. The van der Waals surface area contributed by atoms with E-state index in [0.717, 1.165) is 25.0 Å². The summed E-state index contributed by atoms with van der Waals surface area (Å²) in [4.78, 5) is 0. The maximum absolute atomic E-state index is 8.48. The van der Waals surface area contributed by atoms with Gasteiger partial charge in [0.2, 0.25) is 0 Å². The highest BCUT2D eigenvalue weighted by atomic mass is 16.5. The number of unbranched alkanes of at least 4 members (excludes halogenated alkanes) is 1. The Labute approximate surface area is 110 Å². The average molecular weight is 246 g/mol. The average Bonchev–Trinajstić information content (AvgIpc) is 2.36. The predicted octanol–water partition coefficient (Wildman–Crippen LogP) is 2.96. The zero-order chi connectivity index (χ0) is 13.4. The van der Waals surface area contributed by atoms with Crippen LogP contribution in [0.25, 0.3) is 0 Å². The summed E-state index contributed by atoms with van der Waals surface area (Å²) in [5.41, 5.74) is 8.39. The van der Waals surface area contributed by atoms with Crippen LogP contribution in [-0.2, 0) is 6.42 Å². The summed E-state index contributed by atoms with van der Waals surface area (Å²) in [6.45, 7) is 4.75. The Bertz CT molecular complexity index is 409. The minimum Gasteiger partial charge on any atom is -0.493 e. The second kappa shape index (κ2) is 7.73. The van der Waals surface area contributed by atoms with Crippen LogP contribution in [0, 0.1) is 18.3 Å². The summed E-state index contributed by atoms with van der Waals surface area (Å²) in [5, 5.41) is 8.48. The van der Waals surface area contributed by atoms with Gasteiger partial charge in [-0.2, -0.15) is 5.26 Å². The van der Waals surface area contributed by atoms with E-state index in [1.54, 1.807) is 0 Å². The molecule has 1 unspecified atom stereocenters. The van der Waals surface area contributed by atoms with Crippen molar-refractivity contribution in [2.45, 2.75) is 45.6 Å². The molecule has 0 saturated carbocycles. The first-order valence-electron chi connectivity index (χ1n) is 6.52. The van der Waals surface area contributed by atoms with E-state index < -0.39 is 0 Å². The van der Waals surface area contributed by atoms with Gasteiger partial charge in [0, 0.05) is 12.5 Å². The van der Waals surface area contributed by atoms with Gasteiger partial charge in [-0.25, -0.2) is 0 Å². The van der Waals surface area contributed by atoms with Crippen LogP contribution in [0.1, 0.15) is 37.3 Å². The maximum Gasteiger partial charge on any atom is 0.122 e. The highest BCUT2D eigenvalue weighted by Gasteiger charge is 2.08. The molecule has 98 valence electrons. The van der Waals surface area contributed by atoms with Crippen LogP contribution < -0.4 is 10.5 Å². The summed E-state index contributed by atoms with van der Waals surface area (Å²) in [5.74, 6) is 0.905. The fraction of sp³-hybridized carbons (Fsp3) is 0.533. The standard InChI is InChI=1S/C15H22N2O/c1-3-14(17)11-13-10-12(2)6-7-15(13)18-9-5-4-8-16/h6-7,10,14H,3-5,9,11,17H2,1-2H3. The van der Waals surface area contributed by atoms with Crippen LogP contribution in [0.15, 0.2) is 18.2 Å². The molecule has 0 fully saturated rings. The number of ether oxygens (including phenoxy) is 1. The maximum atomic E-state index is 8.48. The fourth-order valence-electron chi connectivity index (χ4n) is 1.77. The number of hydrogen-bond donors (Lipinski definition) is 1. The van der Waals surface area contributed by atoms with Crippen molar-refractivity contribution in [3.8, 4) is 11.8 Å². The number of nitriles is 1. The normalized spacial score (nSPS) is 11.9. The molecule has 0 amide bonds. The molecule has 0 spiro atoms. The Kier molecular flexibility index (Phi) is 6.24. The van der Waals surface area contributed by atoms with Crippen molar-refractivity contribution >= 4 is 0 Å². The molecule has 18 heavy (non-hydrogen) atoms. The summed E-state index contributed by atoms with van der Waals surface area (Å²) in [6, 6.07) is 8.47. The largest absolute Gasteiger partial charge is 0.493 e. The van der Waals surface area contributed by atoms with Crippen LogP contribution in [0.3, 0.4) is 0 Å². The molecule has 0 radical (unpaired) electrons. The summed E-state index contributed by atoms with van der Waals surface area (Å²) < 4.78 is 5.73. The first-order chi connectivity index (χ1) is 8.67. The lowest BCUT2D eigenvalue weighted by atomic mass is 10.0. The molecule has 1 atom stereocenters. The SMILES string of the molecule is CCC(N)Cc1cc(C)ccc1OCCCC#N. The third kappa shape index (κ3) is 4.77. The van der Waals surface area contributed by atoms with E-state index >= 15 is 0 Å². The van der Waals surface area contributed by atoms with Gasteiger partial charge in [0.25, 0.3) is 0 Å². The third-order valence-corrected chi connectivity index (χ3v) is 2.91. The zero-order valence-electron chi connectivity index (χ0n) is 11.3. The molecule has 0 saturated heterocycles. The molecule has 3 nitrogen and oxygen atoms in total. The van der Waals surface area contributed by atoms with Crippen molar-refractivity contribution in [3.63, 3.8) is 0 Å². The lowest BCUT2D eigenvalue weighted by molar-refractivity contribution is 0.308.